The predicted molar refractivity (Wildman–Crippen MR) is 75.6 cm³/mol. The first-order valence-electron chi connectivity index (χ1n) is 6.49. The monoisotopic (exact) mass is 482 g/mol. The number of rotatable bonds is 7. The minimum Gasteiger partial charge on any atom is -0.606 e. The van der Waals surface area contributed by atoms with E-state index in [-0.39, 0.29) is 0 Å². The van der Waals surface area contributed by atoms with Gasteiger partial charge in [-0.25, -0.2) is 13.7 Å². The van der Waals surface area contributed by atoms with E-state index in [4.69, 9.17) is 34.1 Å². The zero-order valence-electron chi connectivity index (χ0n) is 12.6. The second kappa shape index (κ2) is 8.00. The van der Waals surface area contributed by atoms with Crippen LogP contribution in [0.3, 0.4) is 0 Å². The van der Waals surface area contributed by atoms with E-state index in [0.717, 1.165) is 0 Å². The fourth-order valence-electron chi connectivity index (χ4n) is 2.25. The van der Waals surface area contributed by atoms with E-state index in [2.05, 4.69) is 22.6 Å². The molecular formula is C6H14O17P4. The Morgan fingerprint density at radius 1 is 0.889 bits per heavy atom. The van der Waals surface area contributed by atoms with Crippen molar-refractivity contribution in [1.29, 1.82) is 0 Å². The van der Waals surface area contributed by atoms with E-state index in [9.17, 15) is 23.5 Å². The van der Waals surface area contributed by atoms with E-state index in [1.807, 2.05) is 0 Å². The quantitative estimate of drug-likeness (QED) is 0.181. The molecule has 0 radical (unpaired) electrons. The Kier molecular flexibility index (Phi) is 7.07. The number of ether oxygens (including phenoxy) is 1. The van der Waals surface area contributed by atoms with Crippen molar-refractivity contribution in [1.82, 2.24) is 0 Å². The second-order valence-corrected chi connectivity index (χ2v) is 10.1. The molecule has 0 aromatic heterocycles. The normalized spacial score (nSPS) is 38.0. The van der Waals surface area contributed by atoms with Gasteiger partial charge in [0, 0.05) is 0 Å². The average molecular weight is 482 g/mol. The molecule has 0 spiro atoms. The summed E-state index contributed by atoms with van der Waals surface area (Å²) in [7, 11) is -20.7. The highest BCUT2D eigenvalue weighted by molar-refractivity contribution is 7.53. The fourth-order valence-corrected chi connectivity index (χ4v) is 4.73. The van der Waals surface area contributed by atoms with E-state index in [1.54, 1.807) is 0 Å². The van der Waals surface area contributed by atoms with Crippen LogP contribution in [-0.2, 0) is 41.1 Å². The molecule has 0 aromatic rings. The Morgan fingerprint density at radius 2 is 1.41 bits per heavy atom. The molecule has 2 rings (SSSR count). The molecule has 0 amide bonds. The van der Waals surface area contributed by atoms with E-state index >= 15 is 0 Å². The fraction of sp³-hybridized carbons (Fsp3) is 1.00. The van der Waals surface area contributed by atoms with Crippen LogP contribution in [0.1, 0.15) is 0 Å². The first-order valence-corrected chi connectivity index (χ1v) is 12.6. The van der Waals surface area contributed by atoms with Crippen molar-refractivity contribution in [3.05, 3.63) is 0 Å². The molecule has 0 saturated carbocycles. The SMILES string of the molecule is O=P(O)(O)OC[C@H]1O[C@@H]2O[P+]([O-])(O)O[C@@H]2[C@@H](OP(=O)(O)O)[C@@H]1OP(=O)(O)O. The Labute approximate surface area is 150 Å². The first-order chi connectivity index (χ1) is 12.0. The van der Waals surface area contributed by atoms with Crippen LogP contribution in [0.15, 0.2) is 0 Å². The lowest BCUT2D eigenvalue weighted by molar-refractivity contribution is -0.250. The van der Waals surface area contributed by atoms with Crippen LogP contribution in [0.5, 0.6) is 0 Å². The van der Waals surface area contributed by atoms with Crippen LogP contribution in [0.4, 0.5) is 0 Å². The third-order valence-corrected chi connectivity index (χ3v) is 5.51. The summed E-state index contributed by atoms with van der Waals surface area (Å²) < 4.78 is 60.0. The van der Waals surface area contributed by atoms with Crippen LogP contribution in [0.25, 0.3) is 0 Å². The Morgan fingerprint density at radius 3 is 1.89 bits per heavy atom. The molecule has 17 nitrogen and oxygen atoms in total. The number of hydrogen-bond acceptors (Lipinski definition) is 11. The molecule has 2 heterocycles. The molecular weight excluding hydrogens is 468 g/mol. The summed E-state index contributed by atoms with van der Waals surface area (Å²) in [6.07, 6.45) is -10.0. The van der Waals surface area contributed by atoms with Crippen molar-refractivity contribution in [2.24, 2.45) is 0 Å². The molecule has 2 aliphatic rings. The molecule has 2 saturated heterocycles. The van der Waals surface area contributed by atoms with Crippen molar-refractivity contribution in [2.75, 3.05) is 6.61 Å². The van der Waals surface area contributed by atoms with Gasteiger partial charge in [-0.2, -0.15) is 9.42 Å². The van der Waals surface area contributed by atoms with Crippen molar-refractivity contribution >= 4 is 31.6 Å². The van der Waals surface area contributed by atoms with Crippen LogP contribution in [0.2, 0.25) is 0 Å². The molecule has 6 atom stereocenters. The highest BCUT2D eigenvalue weighted by Gasteiger charge is 2.63. The largest absolute Gasteiger partial charge is 0.606 e. The smallest absolute Gasteiger partial charge is 0.470 e. The standard InChI is InChI=1S/C6H14O17P4/c7-24(8,9)18-1-2-3(20-25(10,11)12)4(21-26(13,14)15)5-6(19-2)23-27(16,17)22-5/h2-6H,1H2,(H,16,17)(H2,7,8,9)(H2,10,11,12)(H2,13,14,15)/t2-,3-,4+,5-,6-/m1/s1. The maximum Gasteiger partial charge on any atom is 0.470 e. The molecule has 0 aliphatic carbocycles. The van der Waals surface area contributed by atoms with Gasteiger partial charge < -0.3 is 39.0 Å². The van der Waals surface area contributed by atoms with Crippen LogP contribution in [-0.4, -0.2) is 71.6 Å². The van der Waals surface area contributed by atoms with Gasteiger partial charge in [0.05, 0.1) is 6.61 Å². The second-order valence-electron chi connectivity index (χ2n) is 5.09. The highest BCUT2D eigenvalue weighted by atomic mass is 31.2. The average Bonchev–Trinajstić information content (AvgIpc) is 2.70. The topological polar surface area (TPSA) is 271 Å². The molecule has 2 aliphatic heterocycles. The van der Waals surface area contributed by atoms with Gasteiger partial charge in [0.25, 0.3) is 0 Å². The lowest BCUT2D eigenvalue weighted by atomic mass is 9.99. The summed E-state index contributed by atoms with van der Waals surface area (Å²) in [5, 5.41) is 0. The minimum atomic E-state index is -5.40. The van der Waals surface area contributed by atoms with Gasteiger partial charge in [-0.15, -0.1) is 4.52 Å². The summed E-state index contributed by atoms with van der Waals surface area (Å²) >= 11 is 0. The number of phosphoric ester groups is 4. The van der Waals surface area contributed by atoms with Crippen molar-refractivity contribution < 1.29 is 80.2 Å². The predicted octanol–water partition coefficient (Wildman–Crippen LogP) is -2.78. The molecule has 27 heavy (non-hydrogen) atoms. The van der Waals surface area contributed by atoms with Crippen molar-refractivity contribution in [3.63, 3.8) is 0 Å². The van der Waals surface area contributed by atoms with E-state index in [0.29, 0.717) is 0 Å². The maximum absolute atomic E-state index is 11.5. The Hall–Kier alpha value is 0.560. The van der Waals surface area contributed by atoms with Gasteiger partial charge in [0.15, 0.2) is 6.10 Å². The first kappa shape index (κ1) is 23.8. The molecule has 160 valence electrons. The Bertz CT molecular complexity index is 675. The van der Waals surface area contributed by atoms with Gasteiger partial charge in [0.2, 0.25) is 6.29 Å². The zero-order valence-corrected chi connectivity index (χ0v) is 16.2. The molecule has 7 N–H and O–H groups in total. The third kappa shape index (κ3) is 7.39. The van der Waals surface area contributed by atoms with Crippen LogP contribution >= 0.6 is 31.6 Å². The number of phosphoric acid groups is 4. The van der Waals surface area contributed by atoms with Crippen molar-refractivity contribution in [3.8, 4) is 0 Å². The summed E-state index contributed by atoms with van der Waals surface area (Å²) in [5.74, 6) is 0. The summed E-state index contributed by atoms with van der Waals surface area (Å²) in [5.41, 5.74) is 0. The van der Waals surface area contributed by atoms with E-state index < -0.39 is 69.0 Å². The summed E-state index contributed by atoms with van der Waals surface area (Å²) in [6.45, 7) is -1.14. The number of hydrogen-bond donors (Lipinski definition) is 7. The molecule has 1 unspecified atom stereocenters. The lowest BCUT2D eigenvalue weighted by Gasteiger charge is -2.39. The number of fused-ring (bicyclic) bond motifs is 1. The maximum atomic E-state index is 11.5. The minimum absolute atomic E-state index is 1.14. The molecule has 2 fully saturated rings. The van der Waals surface area contributed by atoms with E-state index in [1.165, 1.54) is 0 Å². The van der Waals surface area contributed by atoms with Crippen molar-refractivity contribution in [2.45, 2.75) is 30.7 Å². The van der Waals surface area contributed by atoms with Crippen LogP contribution < -0.4 is 4.89 Å². The zero-order chi connectivity index (χ0) is 20.8. The Balaban J connectivity index is 2.38. The molecule has 0 aromatic carbocycles. The molecule has 0 bridgehead atoms. The summed E-state index contributed by atoms with van der Waals surface area (Å²) in [4.78, 5) is 74.3. The summed E-state index contributed by atoms with van der Waals surface area (Å²) in [6, 6.07) is 0. The van der Waals surface area contributed by atoms with Gasteiger partial charge in [-0.3, -0.25) is 13.6 Å². The van der Waals surface area contributed by atoms with Gasteiger partial charge in [-0.1, -0.05) is 0 Å². The highest BCUT2D eigenvalue weighted by Crippen LogP contribution is 2.60. The van der Waals surface area contributed by atoms with Gasteiger partial charge in [0.1, 0.15) is 18.3 Å². The van der Waals surface area contributed by atoms with Crippen LogP contribution in [0, 0.1) is 0 Å². The van der Waals surface area contributed by atoms with Gasteiger partial charge >= 0.3 is 31.6 Å². The lowest BCUT2D eigenvalue weighted by Crippen LogP contribution is -2.58. The third-order valence-electron chi connectivity index (χ3n) is 3.01. The molecule has 21 heteroatoms. The van der Waals surface area contributed by atoms with Gasteiger partial charge in [-0.05, 0) is 0 Å².